The van der Waals surface area contributed by atoms with Gasteiger partial charge in [0.05, 0.1) is 51.1 Å². The van der Waals surface area contributed by atoms with E-state index in [0.717, 1.165) is 12.1 Å². The van der Waals surface area contributed by atoms with E-state index in [-0.39, 0.29) is 41.5 Å². The molecule has 0 aliphatic carbocycles. The highest BCUT2D eigenvalue weighted by Gasteiger charge is 2.17. The monoisotopic (exact) mass is 572 g/mol. The van der Waals surface area contributed by atoms with Gasteiger partial charge in [-0.3, -0.25) is 0 Å². The average Bonchev–Trinajstić information content (AvgIpc) is 2.89. The summed E-state index contributed by atoms with van der Waals surface area (Å²) >= 11 is 0. The van der Waals surface area contributed by atoms with E-state index in [2.05, 4.69) is 4.72 Å². The second-order valence-corrected chi connectivity index (χ2v) is 9.73. The number of nitrogens with one attached hydrogen (secondary N) is 1. The number of nitrogens with two attached hydrogens (primary N) is 1. The summed E-state index contributed by atoms with van der Waals surface area (Å²) in [5, 5.41) is 0. The lowest BCUT2D eigenvalue weighted by molar-refractivity contribution is -0.138. The molecule has 0 aromatic heterocycles. The van der Waals surface area contributed by atoms with E-state index in [9.17, 15) is 22.0 Å². The summed E-state index contributed by atoms with van der Waals surface area (Å²) in [5.41, 5.74) is 5.59. The van der Waals surface area contributed by atoms with Gasteiger partial charge in [-0.2, -0.15) is 0 Å². The molecule has 2 rings (SSSR count). The van der Waals surface area contributed by atoms with Crippen molar-refractivity contribution >= 4 is 22.1 Å². The molecule has 13 heteroatoms. The van der Waals surface area contributed by atoms with E-state index in [1.807, 2.05) is 0 Å². The molecule has 0 atom stereocenters. The minimum Gasteiger partial charge on any atom is -0.463 e. The molecule has 2 aromatic carbocycles. The Morgan fingerprint density at radius 1 is 0.949 bits per heavy atom. The Morgan fingerprint density at radius 2 is 1.51 bits per heavy atom. The minimum atomic E-state index is -3.84. The lowest BCUT2D eigenvalue weighted by Crippen LogP contribution is -2.27. The van der Waals surface area contributed by atoms with Crippen LogP contribution in [0.1, 0.15) is 19.4 Å². The Balaban J connectivity index is 1.85. The molecular weight excluding hydrogens is 538 g/mol. The van der Waals surface area contributed by atoms with Crippen LogP contribution in [0, 0.1) is 11.6 Å². The highest BCUT2D eigenvalue weighted by atomic mass is 32.2. The summed E-state index contributed by atoms with van der Waals surface area (Å²) in [4.78, 5) is 11.6. The largest absolute Gasteiger partial charge is 0.463 e. The Labute approximate surface area is 227 Å². The maximum absolute atomic E-state index is 14.6. The molecule has 0 spiro atoms. The van der Waals surface area contributed by atoms with Crippen molar-refractivity contribution in [1.29, 1.82) is 0 Å². The number of carbonyl (C=O) groups is 1. The molecule has 0 saturated heterocycles. The van der Waals surface area contributed by atoms with Crippen molar-refractivity contribution in [2.24, 2.45) is 5.73 Å². The van der Waals surface area contributed by atoms with Gasteiger partial charge in [-0.15, -0.1) is 0 Å². The predicted octanol–water partition coefficient (Wildman–Crippen LogP) is 3.01. The Morgan fingerprint density at radius 3 is 2.08 bits per heavy atom. The van der Waals surface area contributed by atoms with Crippen LogP contribution in [-0.2, 0) is 33.8 Å². The van der Waals surface area contributed by atoms with Crippen molar-refractivity contribution in [2.75, 3.05) is 59.3 Å². The van der Waals surface area contributed by atoms with Crippen molar-refractivity contribution in [2.45, 2.75) is 18.7 Å². The highest BCUT2D eigenvalue weighted by molar-refractivity contribution is 7.89. The molecule has 0 aliphatic rings. The number of esters is 1. The van der Waals surface area contributed by atoms with E-state index in [1.165, 1.54) is 37.3 Å². The zero-order chi connectivity index (χ0) is 28.7. The van der Waals surface area contributed by atoms with Gasteiger partial charge in [-0.1, -0.05) is 0 Å². The first-order valence-electron chi connectivity index (χ1n) is 12.2. The van der Waals surface area contributed by atoms with Crippen molar-refractivity contribution < 1.29 is 45.7 Å². The molecule has 216 valence electrons. The minimum absolute atomic E-state index is 0.0227. The summed E-state index contributed by atoms with van der Waals surface area (Å²) in [6, 6.07) is 7.06. The van der Waals surface area contributed by atoms with Crippen molar-refractivity contribution in [3.05, 3.63) is 59.2 Å². The van der Waals surface area contributed by atoms with Gasteiger partial charge >= 0.3 is 5.97 Å². The number of rotatable bonds is 18. The van der Waals surface area contributed by atoms with Crippen LogP contribution in [0.4, 0.5) is 8.78 Å². The highest BCUT2D eigenvalue weighted by Crippen LogP contribution is 2.30. The van der Waals surface area contributed by atoms with Crippen LogP contribution < -0.4 is 15.2 Å². The lowest BCUT2D eigenvalue weighted by atomic mass is 10.1. The van der Waals surface area contributed by atoms with E-state index >= 15 is 0 Å². The number of carbonyl (C=O) groups excluding carboxylic acids is 1. The van der Waals surface area contributed by atoms with Crippen LogP contribution in [0.25, 0.3) is 6.08 Å². The molecular formula is C26H34F2N2O8S. The maximum Gasteiger partial charge on any atom is 0.333 e. The summed E-state index contributed by atoms with van der Waals surface area (Å²) in [6.07, 6.45) is 1.29. The molecule has 3 N–H and O–H groups in total. The van der Waals surface area contributed by atoms with Crippen molar-refractivity contribution in [3.63, 3.8) is 0 Å². The molecule has 0 amide bonds. The SMILES string of the molecule is CCOC(=O)C(C)=Cc1cc(F)c(Oc2ccc(S(=O)(=O)NCCOCCOCCOCCN)cc2)c(F)c1. The quantitative estimate of drug-likeness (QED) is 0.157. The van der Waals surface area contributed by atoms with Crippen LogP contribution in [0.5, 0.6) is 11.5 Å². The predicted molar refractivity (Wildman–Crippen MR) is 140 cm³/mol. The normalized spacial score (nSPS) is 12.0. The third-order valence-corrected chi connectivity index (χ3v) is 6.38. The number of hydrogen-bond donors (Lipinski definition) is 2. The van der Waals surface area contributed by atoms with Gasteiger partial charge in [0.2, 0.25) is 10.0 Å². The van der Waals surface area contributed by atoms with Gasteiger partial charge in [-0.05, 0) is 61.9 Å². The van der Waals surface area contributed by atoms with Crippen LogP contribution in [0.3, 0.4) is 0 Å². The number of sulfonamides is 1. The molecule has 0 bridgehead atoms. The van der Waals surface area contributed by atoms with Crippen LogP contribution >= 0.6 is 0 Å². The Bertz CT molecular complexity index is 1170. The zero-order valence-electron chi connectivity index (χ0n) is 21.9. The standard InChI is InChI=1S/C26H34F2N2O8S/c1-3-37-26(31)19(2)16-20-17-23(27)25(24(28)18-20)38-21-4-6-22(7-5-21)39(32,33)30-9-11-35-13-15-36-14-12-34-10-8-29/h4-7,16-18,30H,3,8-15,29H2,1-2H3. The maximum atomic E-state index is 14.6. The molecule has 0 unspecified atom stereocenters. The summed E-state index contributed by atoms with van der Waals surface area (Å²) < 4.78 is 82.4. The third-order valence-electron chi connectivity index (χ3n) is 4.90. The molecule has 0 radical (unpaired) electrons. The number of benzene rings is 2. The smallest absolute Gasteiger partial charge is 0.333 e. The Kier molecular flexibility index (Phi) is 14.0. The number of halogens is 2. The second kappa shape index (κ2) is 16.9. The van der Waals surface area contributed by atoms with Crippen molar-refractivity contribution in [1.82, 2.24) is 4.72 Å². The van der Waals surface area contributed by atoms with Gasteiger partial charge in [0.15, 0.2) is 17.4 Å². The summed E-state index contributed by atoms with van der Waals surface area (Å²) in [7, 11) is -3.84. The van der Waals surface area contributed by atoms with Gasteiger partial charge in [-0.25, -0.2) is 26.7 Å². The molecule has 39 heavy (non-hydrogen) atoms. The molecule has 2 aromatic rings. The van der Waals surface area contributed by atoms with Gasteiger partial charge in [0, 0.05) is 18.7 Å². The fourth-order valence-electron chi connectivity index (χ4n) is 3.08. The summed E-state index contributed by atoms with van der Waals surface area (Å²) in [5.74, 6) is -3.24. The van der Waals surface area contributed by atoms with E-state index < -0.39 is 33.4 Å². The lowest BCUT2D eigenvalue weighted by Gasteiger charge is -2.11. The van der Waals surface area contributed by atoms with E-state index in [0.29, 0.717) is 39.6 Å². The van der Waals surface area contributed by atoms with Crippen LogP contribution in [-0.4, -0.2) is 73.7 Å². The molecule has 0 fully saturated rings. The fourth-order valence-corrected chi connectivity index (χ4v) is 4.09. The second-order valence-electron chi connectivity index (χ2n) is 7.96. The zero-order valence-corrected chi connectivity index (χ0v) is 22.7. The van der Waals surface area contributed by atoms with Crippen molar-refractivity contribution in [3.8, 4) is 11.5 Å². The van der Waals surface area contributed by atoms with E-state index in [4.69, 9.17) is 29.4 Å². The summed E-state index contributed by atoms with van der Waals surface area (Å²) in [6.45, 7) is 5.86. The Hall–Kier alpha value is -2.94. The van der Waals surface area contributed by atoms with Crippen LogP contribution in [0.15, 0.2) is 46.9 Å². The van der Waals surface area contributed by atoms with Gasteiger partial charge < -0.3 is 29.4 Å². The third kappa shape index (κ3) is 11.4. The first-order valence-corrected chi connectivity index (χ1v) is 13.7. The van der Waals surface area contributed by atoms with Gasteiger partial charge in [0.1, 0.15) is 5.75 Å². The molecule has 0 aliphatic heterocycles. The number of ether oxygens (including phenoxy) is 5. The molecule has 10 nitrogen and oxygen atoms in total. The molecule has 0 saturated carbocycles. The van der Waals surface area contributed by atoms with E-state index in [1.54, 1.807) is 6.92 Å². The molecule has 0 heterocycles. The number of hydrogen-bond acceptors (Lipinski definition) is 9. The fraction of sp³-hybridized carbons (Fsp3) is 0.423. The first-order chi connectivity index (χ1) is 18.7. The van der Waals surface area contributed by atoms with Gasteiger partial charge in [0.25, 0.3) is 0 Å². The topological polar surface area (TPSA) is 135 Å². The van der Waals surface area contributed by atoms with Crippen LogP contribution in [0.2, 0.25) is 0 Å². The average molecular weight is 573 g/mol. The first kappa shape index (κ1) is 32.3.